The first-order valence-electron chi connectivity index (χ1n) is 7.27. The maximum absolute atomic E-state index is 8.75. The van der Waals surface area contributed by atoms with Gasteiger partial charge in [0.2, 0.25) is 0 Å². The Morgan fingerprint density at radius 1 is 1.06 bits per heavy atom. The Morgan fingerprint density at radius 2 is 1.83 bits per heavy atom. The molecule has 0 radical (unpaired) electrons. The fraction of sp³-hybridized carbons (Fsp3) is 0.625. The SMILES string of the molecule is CCCCC(NCCCCCO)c1ccccc1. The third-order valence-electron chi connectivity index (χ3n) is 3.27. The van der Waals surface area contributed by atoms with E-state index < -0.39 is 0 Å². The van der Waals surface area contributed by atoms with Gasteiger partial charge in [-0.05, 0) is 37.8 Å². The van der Waals surface area contributed by atoms with Crippen molar-refractivity contribution in [1.29, 1.82) is 0 Å². The van der Waals surface area contributed by atoms with Crippen molar-refractivity contribution in [1.82, 2.24) is 5.32 Å². The smallest absolute Gasteiger partial charge is 0.0431 e. The molecule has 0 aromatic heterocycles. The minimum atomic E-state index is 0.317. The van der Waals surface area contributed by atoms with E-state index in [1.54, 1.807) is 0 Å². The van der Waals surface area contributed by atoms with Gasteiger partial charge in [-0.15, -0.1) is 0 Å². The molecule has 0 amide bonds. The zero-order chi connectivity index (χ0) is 13.1. The number of rotatable bonds is 10. The first kappa shape index (κ1) is 15.2. The normalized spacial score (nSPS) is 12.6. The van der Waals surface area contributed by atoms with Gasteiger partial charge in [0, 0.05) is 12.6 Å². The molecule has 0 saturated heterocycles. The van der Waals surface area contributed by atoms with Crippen molar-refractivity contribution in [2.45, 2.75) is 51.5 Å². The number of aliphatic hydroxyl groups excluding tert-OH is 1. The van der Waals surface area contributed by atoms with Gasteiger partial charge in [-0.1, -0.05) is 50.1 Å². The quantitative estimate of drug-likeness (QED) is 0.620. The molecule has 0 saturated carbocycles. The molecule has 0 heterocycles. The second kappa shape index (κ2) is 10.1. The highest BCUT2D eigenvalue weighted by Gasteiger charge is 2.09. The van der Waals surface area contributed by atoms with E-state index in [9.17, 15) is 0 Å². The van der Waals surface area contributed by atoms with Gasteiger partial charge in [0.05, 0.1) is 0 Å². The van der Waals surface area contributed by atoms with Crippen LogP contribution in [0.5, 0.6) is 0 Å². The Bertz CT molecular complexity index is 286. The Kier molecular flexibility index (Phi) is 8.53. The highest BCUT2D eigenvalue weighted by Crippen LogP contribution is 2.19. The van der Waals surface area contributed by atoms with Crippen LogP contribution in [0, 0.1) is 0 Å². The van der Waals surface area contributed by atoms with Gasteiger partial charge >= 0.3 is 0 Å². The Labute approximate surface area is 111 Å². The van der Waals surface area contributed by atoms with E-state index in [1.807, 2.05) is 0 Å². The molecule has 1 rings (SSSR count). The Morgan fingerprint density at radius 3 is 2.50 bits per heavy atom. The third kappa shape index (κ3) is 6.18. The van der Waals surface area contributed by atoms with Gasteiger partial charge < -0.3 is 10.4 Å². The fourth-order valence-corrected chi connectivity index (χ4v) is 2.17. The van der Waals surface area contributed by atoms with E-state index in [0.29, 0.717) is 12.6 Å². The van der Waals surface area contributed by atoms with Crippen molar-refractivity contribution in [2.24, 2.45) is 0 Å². The topological polar surface area (TPSA) is 32.3 Å². The van der Waals surface area contributed by atoms with Crippen LogP contribution in [-0.4, -0.2) is 18.3 Å². The molecule has 0 aliphatic rings. The second-order valence-corrected chi connectivity index (χ2v) is 4.84. The molecule has 1 unspecified atom stereocenters. The van der Waals surface area contributed by atoms with Crippen molar-refractivity contribution in [3.8, 4) is 0 Å². The summed E-state index contributed by atoms with van der Waals surface area (Å²) in [7, 11) is 0. The first-order chi connectivity index (χ1) is 8.88. The van der Waals surface area contributed by atoms with Gasteiger partial charge in [0.15, 0.2) is 0 Å². The Balaban J connectivity index is 2.36. The van der Waals surface area contributed by atoms with Crippen LogP contribution < -0.4 is 5.32 Å². The van der Waals surface area contributed by atoms with Crippen LogP contribution in [0.4, 0.5) is 0 Å². The number of aliphatic hydroxyl groups is 1. The summed E-state index contributed by atoms with van der Waals surface area (Å²) in [5.41, 5.74) is 1.40. The number of unbranched alkanes of at least 4 members (excludes halogenated alkanes) is 3. The molecule has 0 bridgehead atoms. The zero-order valence-electron chi connectivity index (χ0n) is 11.6. The van der Waals surface area contributed by atoms with Crippen molar-refractivity contribution in [3.05, 3.63) is 35.9 Å². The van der Waals surface area contributed by atoms with Crippen LogP contribution >= 0.6 is 0 Å². The molecule has 0 aliphatic carbocycles. The van der Waals surface area contributed by atoms with Crippen molar-refractivity contribution in [3.63, 3.8) is 0 Å². The standard InChI is InChI=1S/C16H27NO/c1-2-3-12-16(15-10-6-4-7-11-15)17-13-8-5-9-14-18/h4,6-7,10-11,16-18H,2-3,5,8-9,12-14H2,1H3. The van der Waals surface area contributed by atoms with Crippen LogP contribution in [0.25, 0.3) is 0 Å². The average Bonchev–Trinajstić information content (AvgIpc) is 2.43. The molecule has 0 fully saturated rings. The minimum absolute atomic E-state index is 0.317. The predicted octanol–water partition coefficient (Wildman–Crippen LogP) is 3.67. The summed E-state index contributed by atoms with van der Waals surface area (Å²) in [5, 5.41) is 12.4. The van der Waals surface area contributed by atoms with Crippen molar-refractivity contribution in [2.75, 3.05) is 13.2 Å². The van der Waals surface area contributed by atoms with E-state index in [4.69, 9.17) is 5.11 Å². The second-order valence-electron chi connectivity index (χ2n) is 4.84. The summed E-state index contributed by atoms with van der Waals surface area (Å²) in [4.78, 5) is 0. The molecule has 1 aromatic rings. The lowest BCUT2D eigenvalue weighted by molar-refractivity contribution is 0.282. The van der Waals surface area contributed by atoms with Crippen LogP contribution in [0.2, 0.25) is 0 Å². The van der Waals surface area contributed by atoms with E-state index in [0.717, 1.165) is 25.8 Å². The van der Waals surface area contributed by atoms with Gasteiger partial charge in [0.25, 0.3) is 0 Å². The molecule has 0 spiro atoms. The lowest BCUT2D eigenvalue weighted by Gasteiger charge is -2.19. The van der Waals surface area contributed by atoms with Gasteiger partial charge in [-0.2, -0.15) is 0 Å². The van der Waals surface area contributed by atoms with Gasteiger partial charge in [-0.3, -0.25) is 0 Å². The van der Waals surface area contributed by atoms with Gasteiger partial charge in [-0.25, -0.2) is 0 Å². The predicted molar refractivity (Wildman–Crippen MR) is 77.6 cm³/mol. The summed E-state index contributed by atoms with van der Waals surface area (Å²) < 4.78 is 0. The molecule has 18 heavy (non-hydrogen) atoms. The first-order valence-corrected chi connectivity index (χ1v) is 7.27. The summed E-state index contributed by atoms with van der Waals surface area (Å²) in [6.45, 7) is 3.60. The number of benzene rings is 1. The Hall–Kier alpha value is -0.860. The lowest BCUT2D eigenvalue weighted by Crippen LogP contribution is -2.22. The molecule has 2 nitrogen and oxygen atoms in total. The summed E-state index contributed by atoms with van der Waals surface area (Å²) in [6.07, 6.45) is 6.90. The third-order valence-corrected chi connectivity index (χ3v) is 3.27. The maximum Gasteiger partial charge on any atom is 0.0431 e. The van der Waals surface area contributed by atoms with E-state index in [1.165, 1.54) is 24.8 Å². The molecule has 1 atom stereocenters. The van der Waals surface area contributed by atoms with Crippen molar-refractivity contribution < 1.29 is 5.11 Å². The minimum Gasteiger partial charge on any atom is -0.396 e. The molecular weight excluding hydrogens is 222 g/mol. The molecule has 2 heteroatoms. The molecule has 0 aliphatic heterocycles. The number of hydrogen-bond donors (Lipinski definition) is 2. The molecule has 102 valence electrons. The number of nitrogens with one attached hydrogen (secondary N) is 1. The summed E-state index contributed by atoms with van der Waals surface area (Å²) in [5.74, 6) is 0. The summed E-state index contributed by atoms with van der Waals surface area (Å²) in [6, 6.07) is 11.2. The highest BCUT2D eigenvalue weighted by atomic mass is 16.2. The van der Waals surface area contributed by atoms with E-state index in [2.05, 4.69) is 42.6 Å². The largest absolute Gasteiger partial charge is 0.396 e. The van der Waals surface area contributed by atoms with Crippen LogP contribution in [0.3, 0.4) is 0 Å². The van der Waals surface area contributed by atoms with Crippen molar-refractivity contribution >= 4 is 0 Å². The monoisotopic (exact) mass is 249 g/mol. The molecule has 2 N–H and O–H groups in total. The fourth-order valence-electron chi connectivity index (χ4n) is 2.17. The highest BCUT2D eigenvalue weighted by molar-refractivity contribution is 5.18. The number of hydrogen-bond acceptors (Lipinski definition) is 2. The van der Waals surface area contributed by atoms with Crippen LogP contribution in [0.1, 0.15) is 57.1 Å². The molecular formula is C16H27NO. The van der Waals surface area contributed by atoms with Crippen LogP contribution in [-0.2, 0) is 0 Å². The average molecular weight is 249 g/mol. The zero-order valence-corrected chi connectivity index (χ0v) is 11.6. The van der Waals surface area contributed by atoms with E-state index in [-0.39, 0.29) is 0 Å². The van der Waals surface area contributed by atoms with Crippen LogP contribution in [0.15, 0.2) is 30.3 Å². The maximum atomic E-state index is 8.75. The summed E-state index contributed by atoms with van der Waals surface area (Å²) >= 11 is 0. The van der Waals surface area contributed by atoms with Gasteiger partial charge in [0.1, 0.15) is 0 Å². The lowest BCUT2D eigenvalue weighted by atomic mass is 10.0. The molecule has 1 aromatic carbocycles. The van der Waals surface area contributed by atoms with E-state index >= 15 is 0 Å².